The van der Waals surface area contributed by atoms with E-state index >= 15 is 0 Å². The van der Waals surface area contributed by atoms with Gasteiger partial charge < -0.3 is 5.11 Å². The highest BCUT2D eigenvalue weighted by Crippen LogP contribution is 2.27. The van der Waals surface area contributed by atoms with Crippen molar-refractivity contribution in [2.75, 3.05) is 6.26 Å². The average Bonchev–Trinajstić information content (AvgIpc) is 2.41. The molecule has 1 N–H and O–H groups in total. The molecule has 0 amide bonds. The Morgan fingerprint density at radius 2 is 1.72 bits per heavy atom. The monoisotopic (exact) mass is 258 g/mol. The fraction of sp³-hybridized carbons (Fsp3) is 0.250. The number of hydrogen-bond donors (Lipinski definition) is 1. The van der Waals surface area contributed by atoms with Gasteiger partial charge >= 0.3 is 0 Å². The second-order valence-electron chi connectivity index (χ2n) is 4.45. The van der Waals surface area contributed by atoms with Crippen molar-refractivity contribution in [1.29, 1.82) is 0 Å². The molecule has 0 radical (unpaired) electrons. The number of benzene rings is 2. The van der Waals surface area contributed by atoms with Crippen molar-refractivity contribution in [3.63, 3.8) is 0 Å². The van der Waals surface area contributed by atoms with E-state index < -0.39 is 6.10 Å². The minimum atomic E-state index is -0.434. The zero-order valence-corrected chi connectivity index (χ0v) is 11.6. The third-order valence-corrected chi connectivity index (χ3v) is 3.86. The molecule has 2 heteroatoms. The molecule has 0 saturated heterocycles. The predicted octanol–water partition coefficient (Wildman–Crippen LogP) is 3.99. The lowest BCUT2D eigenvalue weighted by Gasteiger charge is -2.14. The molecule has 2 aromatic rings. The number of aliphatic hydroxyl groups excluding tert-OH is 1. The van der Waals surface area contributed by atoms with Gasteiger partial charge in [-0.2, -0.15) is 0 Å². The smallest absolute Gasteiger partial charge is 0.0841 e. The van der Waals surface area contributed by atoms with Crippen LogP contribution in [-0.2, 0) is 6.42 Å². The molecular weight excluding hydrogens is 240 g/mol. The van der Waals surface area contributed by atoms with Crippen LogP contribution in [0.3, 0.4) is 0 Å². The molecular formula is C16H18OS. The van der Waals surface area contributed by atoms with Crippen LogP contribution in [0.25, 0.3) is 0 Å². The van der Waals surface area contributed by atoms with Gasteiger partial charge in [0.25, 0.3) is 0 Å². The Hall–Kier alpha value is -1.25. The van der Waals surface area contributed by atoms with E-state index in [9.17, 15) is 5.11 Å². The van der Waals surface area contributed by atoms with Gasteiger partial charge in [-0.05, 0) is 30.4 Å². The van der Waals surface area contributed by atoms with E-state index in [4.69, 9.17) is 0 Å². The Bertz CT molecular complexity index is 505. The highest BCUT2D eigenvalue weighted by Gasteiger charge is 2.12. The van der Waals surface area contributed by atoms with Gasteiger partial charge in [0.15, 0.2) is 0 Å². The number of aliphatic hydroxyl groups is 1. The largest absolute Gasteiger partial charge is 0.388 e. The van der Waals surface area contributed by atoms with Crippen LogP contribution < -0.4 is 0 Å². The summed E-state index contributed by atoms with van der Waals surface area (Å²) in [5.74, 6) is 0. The quantitative estimate of drug-likeness (QED) is 0.837. The first kappa shape index (κ1) is 13.2. The molecule has 0 aliphatic rings. The van der Waals surface area contributed by atoms with Gasteiger partial charge in [-0.3, -0.25) is 0 Å². The van der Waals surface area contributed by atoms with Crippen LogP contribution in [0.5, 0.6) is 0 Å². The van der Waals surface area contributed by atoms with Crippen LogP contribution in [0.1, 0.15) is 22.8 Å². The second-order valence-corrected chi connectivity index (χ2v) is 5.30. The lowest BCUT2D eigenvalue weighted by Crippen LogP contribution is -2.03. The van der Waals surface area contributed by atoms with E-state index in [1.54, 1.807) is 11.8 Å². The fourth-order valence-electron chi connectivity index (χ4n) is 2.00. The summed E-state index contributed by atoms with van der Waals surface area (Å²) in [6, 6.07) is 16.4. The van der Waals surface area contributed by atoms with E-state index in [2.05, 4.69) is 37.3 Å². The highest BCUT2D eigenvalue weighted by molar-refractivity contribution is 7.98. The summed E-state index contributed by atoms with van der Waals surface area (Å²) in [4.78, 5) is 1.15. The summed E-state index contributed by atoms with van der Waals surface area (Å²) in [6.45, 7) is 2.07. The molecule has 0 aliphatic carbocycles. The minimum absolute atomic E-state index is 0.434. The fourth-order valence-corrected chi connectivity index (χ4v) is 2.65. The number of hydrogen-bond acceptors (Lipinski definition) is 2. The Kier molecular flexibility index (Phi) is 4.45. The molecule has 2 rings (SSSR count). The lowest BCUT2D eigenvalue weighted by atomic mass is 10.0. The number of aryl methyl sites for hydroxylation is 1. The van der Waals surface area contributed by atoms with E-state index in [1.807, 2.05) is 24.5 Å². The maximum Gasteiger partial charge on any atom is 0.0841 e. The van der Waals surface area contributed by atoms with Crippen molar-refractivity contribution in [3.8, 4) is 0 Å². The zero-order chi connectivity index (χ0) is 13.0. The van der Waals surface area contributed by atoms with E-state index in [0.717, 1.165) is 10.5 Å². The van der Waals surface area contributed by atoms with Crippen molar-refractivity contribution in [2.24, 2.45) is 0 Å². The molecule has 0 aromatic heterocycles. The van der Waals surface area contributed by atoms with Gasteiger partial charge in [0, 0.05) is 11.3 Å². The highest BCUT2D eigenvalue weighted by atomic mass is 32.2. The molecule has 0 bridgehead atoms. The summed E-state index contributed by atoms with van der Waals surface area (Å²) in [5, 5.41) is 10.3. The number of rotatable bonds is 4. The maximum atomic E-state index is 10.3. The Balaban J connectivity index is 2.16. The third kappa shape index (κ3) is 3.15. The summed E-state index contributed by atoms with van der Waals surface area (Å²) in [5.41, 5.74) is 3.44. The molecule has 18 heavy (non-hydrogen) atoms. The van der Waals surface area contributed by atoms with Gasteiger partial charge in [-0.15, -0.1) is 11.8 Å². The van der Waals surface area contributed by atoms with Crippen LogP contribution >= 0.6 is 11.8 Å². The molecule has 0 heterocycles. The summed E-state index contributed by atoms with van der Waals surface area (Å²) in [6.07, 6.45) is 2.27. The molecule has 94 valence electrons. The Morgan fingerprint density at radius 3 is 2.39 bits per heavy atom. The summed E-state index contributed by atoms with van der Waals surface area (Å²) in [7, 11) is 0. The molecule has 1 atom stereocenters. The second kappa shape index (κ2) is 6.07. The predicted molar refractivity (Wildman–Crippen MR) is 78.1 cm³/mol. The van der Waals surface area contributed by atoms with Crippen molar-refractivity contribution >= 4 is 11.8 Å². The van der Waals surface area contributed by atoms with Crippen LogP contribution in [0.2, 0.25) is 0 Å². The van der Waals surface area contributed by atoms with Crippen molar-refractivity contribution in [2.45, 2.75) is 24.3 Å². The standard InChI is InChI=1S/C16H18OS/c1-12-7-9-13(10-8-12)11-15(17)14-5-3-4-6-16(14)18-2/h3-10,15,17H,11H2,1-2H3. The SMILES string of the molecule is CSc1ccccc1C(O)Cc1ccc(C)cc1. The van der Waals surface area contributed by atoms with Gasteiger partial charge in [-0.1, -0.05) is 48.0 Å². The van der Waals surface area contributed by atoms with Gasteiger partial charge in [-0.25, -0.2) is 0 Å². The van der Waals surface area contributed by atoms with E-state index in [-0.39, 0.29) is 0 Å². The van der Waals surface area contributed by atoms with Crippen molar-refractivity contribution in [3.05, 3.63) is 65.2 Å². The van der Waals surface area contributed by atoms with Crippen LogP contribution in [0.4, 0.5) is 0 Å². The first-order valence-corrected chi connectivity index (χ1v) is 7.29. The van der Waals surface area contributed by atoms with Gasteiger partial charge in [0.2, 0.25) is 0 Å². The summed E-state index contributed by atoms with van der Waals surface area (Å²) < 4.78 is 0. The molecule has 1 unspecified atom stereocenters. The molecule has 0 spiro atoms. The Labute approximate surface area is 113 Å². The van der Waals surface area contributed by atoms with Gasteiger partial charge in [0.1, 0.15) is 0 Å². The average molecular weight is 258 g/mol. The molecule has 2 aromatic carbocycles. The minimum Gasteiger partial charge on any atom is -0.388 e. The van der Waals surface area contributed by atoms with E-state index in [0.29, 0.717) is 6.42 Å². The topological polar surface area (TPSA) is 20.2 Å². The maximum absolute atomic E-state index is 10.3. The zero-order valence-electron chi connectivity index (χ0n) is 10.8. The number of thioether (sulfide) groups is 1. The normalized spacial score (nSPS) is 12.4. The third-order valence-electron chi connectivity index (χ3n) is 3.05. The first-order chi connectivity index (χ1) is 8.70. The van der Waals surface area contributed by atoms with Crippen LogP contribution in [0, 0.1) is 6.92 Å². The lowest BCUT2D eigenvalue weighted by molar-refractivity contribution is 0.175. The molecule has 0 saturated carbocycles. The molecule has 0 aliphatic heterocycles. The summed E-state index contributed by atoms with van der Waals surface area (Å²) >= 11 is 1.68. The molecule has 0 fully saturated rings. The van der Waals surface area contributed by atoms with Crippen LogP contribution in [-0.4, -0.2) is 11.4 Å². The molecule has 1 nitrogen and oxygen atoms in total. The first-order valence-electron chi connectivity index (χ1n) is 6.07. The van der Waals surface area contributed by atoms with E-state index in [1.165, 1.54) is 11.1 Å². The van der Waals surface area contributed by atoms with Crippen LogP contribution in [0.15, 0.2) is 53.4 Å². The Morgan fingerprint density at radius 1 is 1.06 bits per heavy atom. The van der Waals surface area contributed by atoms with Crippen molar-refractivity contribution < 1.29 is 5.11 Å². The van der Waals surface area contributed by atoms with Crippen molar-refractivity contribution in [1.82, 2.24) is 0 Å². The van der Waals surface area contributed by atoms with Gasteiger partial charge in [0.05, 0.1) is 6.10 Å².